The number of hydrogen-bond acceptors (Lipinski definition) is 6. The lowest BCUT2D eigenvalue weighted by Gasteiger charge is -2.14. The number of aryl methyl sites for hydroxylation is 1. The molecule has 1 heterocycles. The van der Waals surface area contributed by atoms with E-state index < -0.39 is 5.91 Å². The van der Waals surface area contributed by atoms with Gasteiger partial charge in [-0.25, -0.2) is 0 Å². The number of aromatic nitrogens is 2. The summed E-state index contributed by atoms with van der Waals surface area (Å²) in [6, 6.07) is 3.08. The van der Waals surface area contributed by atoms with Gasteiger partial charge in [-0.2, -0.15) is 5.10 Å². The van der Waals surface area contributed by atoms with Crippen LogP contribution in [-0.4, -0.2) is 61.9 Å². The van der Waals surface area contributed by atoms with Gasteiger partial charge in [0.2, 0.25) is 5.75 Å². The van der Waals surface area contributed by atoms with Gasteiger partial charge in [0, 0.05) is 26.7 Å². The molecule has 27 heavy (non-hydrogen) atoms. The van der Waals surface area contributed by atoms with Crippen LogP contribution in [0.15, 0.2) is 12.1 Å². The number of methoxy groups -OCH3 is 3. The summed E-state index contributed by atoms with van der Waals surface area (Å²) in [7, 11) is 9.37. The predicted octanol–water partition coefficient (Wildman–Crippen LogP) is 1.71. The average molecular weight is 376 g/mol. The maximum absolute atomic E-state index is 12.8. The molecule has 2 aromatic rings. The first-order valence-electron chi connectivity index (χ1n) is 8.11. The van der Waals surface area contributed by atoms with Gasteiger partial charge in [-0.1, -0.05) is 0 Å². The molecule has 146 valence electrons. The largest absolute Gasteiger partial charge is 0.493 e. The van der Waals surface area contributed by atoms with E-state index in [-0.39, 0.29) is 17.2 Å². The van der Waals surface area contributed by atoms with Gasteiger partial charge in [0.1, 0.15) is 0 Å². The molecule has 0 spiro atoms. The van der Waals surface area contributed by atoms with E-state index in [4.69, 9.17) is 14.2 Å². The van der Waals surface area contributed by atoms with Crippen LogP contribution >= 0.6 is 0 Å². The predicted molar refractivity (Wildman–Crippen MR) is 100 cm³/mol. The van der Waals surface area contributed by atoms with Crippen molar-refractivity contribution >= 4 is 17.5 Å². The fraction of sp³-hybridized carbons (Fsp3) is 0.389. The Bertz CT molecular complexity index is 848. The normalized spacial score (nSPS) is 10.3. The SMILES string of the molecule is COc1cc(C(=O)Nc2c(C(=O)N(C)C)nn(C)c2C)cc(OC)c1OC. The van der Waals surface area contributed by atoms with Gasteiger partial charge >= 0.3 is 0 Å². The summed E-state index contributed by atoms with van der Waals surface area (Å²) in [5, 5.41) is 6.98. The van der Waals surface area contributed by atoms with Crippen molar-refractivity contribution in [2.45, 2.75) is 6.92 Å². The zero-order valence-corrected chi connectivity index (χ0v) is 16.5. The number of amides is 2. The smallest absolute Gasteiger partial charge is 0.276 e. The number of benzene rings is 1. The summed E-state index contributed by atoms with van der Waals surface area (Å²) < 4.78 is 17.4. The second-order valence-electron chi connectivity index (χ2n) is 6.00. The molecular weight excluding hydrogens is 352 g/mol. The molecule has 9 heteroatoms. The molecule has 1 aromatic carbocycles. The summed E-state index contributed by atoms with van der Waals surface area (Å²) in [5.41, 5.74) is 1.47. The highest BCUT2D eigenvalue weighted by atomic mass is 16.5. The highest BCUT2D eigenvalue weighted by Crippen LogP contribution is 2.38. The van der Waals surface area contributed by atoms with E-state index in [0.717, 1.165) is 0 Å². The molecular formula is C18H24N4O5. The molecule has 0 saturated carbocycles. The summed E-state index contributed by atoms with van der Waals surface area (Å²) in [4.78, 5) is 26.6. The van der Waals surface area contributed by atoms with Crippen molar-refractivity contribution in [3.8, 4) is 17.2 Å². The van der Waals surface area contributed by atoms with Crippen molar-refractivity contribution in [1.29, 1.82) is 0 Å². The zero-order chi connectivity index (χ0) is 20.3. The van der Waals surface area contributed by atoms with Crippen molar-refractivity contribution < 1.29 is 23.8 Å². The van der Waals surface area contributed by atoms with Crippen LogP contribution in [0.4, 0.5) is 5.69 Å². The molecule has 1 aromatic heterocycles. The van der Waals surface area contributed by atoms with E-state index >= 15 is 0 Å². The third-order valence-corrected chi connectivity index (χ3v) is 4.11. The second kappa shape index (κ2) is 7.98. The number of anilines is 1. The van der Waals surface area contributed by atoms with E-state index in [1.165, 1.54) is 38.4 Å². The van der Waals surface area contributed by atoms with E-state index in [0.29, 0.717) is 28.6 Å². The van der Waals surface area contributed by atoms with Crippen molar-refractivity contribution in [2.75, 3.05) is 40.7 Å². The van der Waals surface area contributed by atoms with E-state index in [9.17, 15) is 9.59 Å². The molecule has 0 radical (unpaired) electrons. The summed E-state index contributed by atoms with van der Waals surface area (Å²) in [6.45, 7) is 1.77. The van der Waals surface area contributed by atoms with Gasteiger partial charge in [-0.15, -0.1) is 0 Å². The number of rotatable bonds is 6. The number of nitrogens with one attached hydrogen (secondary N) is 1. The third-order valence-electron chi connectivity index (χ3n) is 4.11. The first-order valence-corrected chi connectivity index (χ1v) is 8.11. The van der Waals surface area contributed by atoms with Gasteiger partial charge < -0.3 is 24.4 Å². The average Bonchev–Trinajstić information content (AvgIpc) is 2.93. The second-order valence-corrected chi connectivity index (χ2v) is 6.00. The minimum absolute atomic E-state index is 0.167. The van der Waals surface area contributed by atoms with Crippen LogP contribution < -0.4 is 19.5 Å². The van der Waals surface area contributed by atoms with Crippen molar-refractivity contribution in [2.24, 2.45) is 7.05 Å². The van der Waals surface area contributed by atoms with Crippen LogP contribution in [0.1, 0.15) is 26.5 Å². The first kappa shape index (κ1) is 20.1. The van der Waals surface area contributed by atoms with Gasteiger partial charge in [-0.05, 0) is 19.1 Å². The topological polar surface area (TPSA) is 94.9 Å². The quantitative estimate of drug-likeness (QED) is 0.825. The Hall–Kier alpha value is -3.23. The highest BCUT2D eigenvalue weighted by Gasteiger charge is 2.24. The van der Waals surface area contributed by atoms with Gasteiger partial charge in [0.25, 0.3) is 11.8 Å². The number of hydrogen-bond donors (Lipinski definition) is 1. The highest BCUT2D eigenvalue weighted by molar-refractivity contribution is 6.09. The molecule has 0 fully saturated rings. The minimum Gasteiger partial charge on any atom is -0.493 e. The Morgan fingerprint density at radius 2 is 1.63 bits per heavy atom. The monoisotopic (exact) mass is 376 g/mol. The van der Waals surface area contributed by atoms with Crippen LogP contribution in [0.5, 0.6) is 17.2 Å². The van der Waals surface area contributed by atoms with Gasteiger partial charge in [-0.3, -0.25) is 14.3 Å². The lowest BCUT2D eigenvalue weighted by molar-refractivity contribution is 0.0822. The number of carbonyl (C=O) groups excluding carboxylic acids is 2. The van der Waals surface area contributed by atoms with Crippen molar-refractivity contribution in [3.05, 3.63) is 29.1 Å². The van der Waals surface area contributed by atoms with E-state index in [2.05, 4.69) is 10.4 Å². The van der Waals surface area contributed by atoms with Crippen LogP contribution in [0.2, 0.25) is 0 Å². The van der Waals surface area contributed by atoms with Gasteiger partial charge in [0.15, 0.2) is 17.2 Å². The Morgan fingerprint density at radius 3 is 2.07 bits per heavy atom. The molecule has 0 atom stereocenters. The molecule has 0 aliphatic carbocycles. The molecule has 0 aliphatic rings. The Labute approximate surface area is 157 Å². The maximum Gasteiger partial charge on any atom is 0.276 e. The third kappa shape index (κ3) is 3.81. The number of carbonyl (C=O) groups is 2. The maximum atomic E-state index is 12.8. The first-order chi connectivity index (χ1) is 12.7. The molecule has 0 unspecified atom stereocenters. The van der Waals surface area contributed by atoms with E-state index in [1.54, 1.807) is 32.7 Å². The Kier molecular flexibility index (Phi) is 5.94. The summed E-state index contributed by atoms with van der Waals surface area (Å²) in [6.07, 6.45) is 0. The Balaban J connectivity index is 2.45. The standard InChI is InChI=1S/C18H24N4O5/c1-10-14(15(20-22(10)4)18(24)21(2)3)19-17(23)11-8-12(25-5)16(27-7)13(9-11)26-6/h8-9H,1-7H3,(H,19,23). The summed E-state index contributed by atoms with van der Waals surface area (Å²) in [5.74, 6) is 0.360. The number of ether oxygens (including phenoxy) is 3. The molecule has 1 N–H and O–H groups in total. The molecule has 0 saturated heterocycles. The molecule has 0 bridgehead atoms. The van der Waals surface area contributed by atoms with Crippen LogP contribution in [0.3, 0.4) is 0 Å². The summed E-state index contributed by atoms with van der Waals surface area (Å²) >= 11 is 0. The van der Waals surface area contributed by atoms with Crippen LogP contribution in [-0.2, 0) is 7.05 Å². The van der Waals surface area contributed by atoms with Gasteiger partial charge in [0.05, 0.1) is 32.7 Å². The fourth-order valence-corrected chi connectivity index (χ4v) is 2.52. The van der Waals surface area contributed by atoms with Crippen molar-refractivity contribution in [3.63, 3.8) is 0 Å². The molecule has 0 aliphatic heterocycles. The van der Waals surface area contributed by atoms with Crippen LogP contribution in [0, 0.1) is 6.92 Å². The lowest BCUT2D eigenvalue weighted by Crippen LogP contribution is -2.24. The zero-order valence-electron chi connectivity index (χ0n) is 16.5. The fourth-order valence-electron chi connectivity index (χ4n) is 2.52. The minimum atomic E-state index is -0.432. The van der Waals surface area contributed by atoms with E-state index in [1.807, 2.05) is 0 Å². The molecule has 9 nitrogen and oxygen atoms in total. The number of nitrogens with zero attached hydrogens (tertiary/aromatic N) is 3. The molecule has 2 amide bonds. The molecule has 2 rings (SSSR count). The van der Waals surface area contributed by atoms with Crippen molar-refractivity contribution in [1.82, 2.24) is 14.7 Å². The Morgan fingerprint density at radius 1 is 1.07 bits per heavy atom. The lowest BCUT2D eigenvalue weighted by atomic mass is 10.1. The van der Waals surface area contributed by atoms with Crippen LogP contribution in [0.25, 0.3) is 0 Å².